The molecule has 1 aliphatic rings. The molecule has 0 aromatic carbocycles. The summed E-state index contributed by atoms with van der Waals surface area (Å²) in [7, 11) is -4.29. The maximum absolute atomic E-state index is 12.8. The van der Waals surface area contributed by atoms with E-state index in [1.165, 1.54) is 19.3 Å². The van der Waals surface area contributed by atoms with E-state index in [-0.39, 0.29) is 18.9 Å². The molecule has 0 saturated heterocycles. The molecule has 0 saturated carbocycles. The fourth-order valence-electron chi connectivity index (χ4n) is 3.66. The average molecular weight is 448 g/mol. The van der Waals surface area contributed by atoms with Crippen LogP contribution in [0.3, 0.4) is 0 Å². The second-order valence-corrected chi connectivity index (χ2v) is 9.37. The largest absolute Gasteiger partial charge is 0.392 e. The van der Waals surface area contributed by atoms with Crippen LogP contribution in [0.15, 0.2) is 12.2 Å². The Morgan fingerprint density at radius 2 is 1.83 bits per heavy atom. The molecule has 0 aromatic rings. The van der Waals surface area contributed by atoms with E-state index in [4.69, 9.17) is 4.55 Å². The van der Waals surface area contributed by atoms with Gasteiger partial charge in [0, 0.05) is 6.42 Å². The summed E-state index contributed by atoms with van der Waals surface area (Å²) in [5.74, 6) is -0.402. The molecule has 174 valence electrons. The van der Waals surface area contributed by atoms with Crippen LogP contribution in [-0.2, 0) is 14.9 Å². The molecule has 0 aromatic heterocycles. The lowest BCUT2D eigenvalue weighted by atomic mass is 10.1. The Balaban J connectivity index is 2.50. The molecule has 0 radical (unpaired) electrons. The molecule has 9 heteroatoms. The van der Waals surface area contributed by atoms with Crippen molar-refractivity contribution in [3.8, 4) is 0 Å². The lowest BCUT2D eigenvalue weighted by Crippen LogP contribution is -2.40. The van der Waals surface area contributed by atoms with Crippen LogP contribution in [0.1, 0.15) is 64.7 Å². The van der Waals surface area contributed by atoms with Crippen molar-refractivity contribution in [3.63, 3.8) is 0 Å². The maximum Gasteiger partial charge on any atom is 0.316 e. The van der Waals surface area contributed by atoms with Crippen LogP contribution in [0, 0.1) is 0 Å². The van der Waals surface area contributed by atoms with Gasteiger partial charge in [0.05, 0.1) is 6.61 Å². The van der Waals surface area contributed by atoms with Crippen molar-refractivity contribution in [2.45, 2.75) is 70.8 Å². The van der Waals surface area contributed by atoms with Crippen LogP contribution in [0.2, 0.25) is 0 Å². The molecule has 0 spiro atoms. The van der Waals surface area contributed by atoms with E-state index in [1.54, 1.807) is 9.48 Å². The number of β-amino-alcohol motifs (C(OH)–C–C–N with tert-alkyl or cyclic N) is 2. The fraction of sp³-hybridized carbons (Fsp3) is 0.810. The predicted molar refractivity (Wildman–Crippen MR) is 117 cm³/mol. The number of amidine groups is 1. The van der Waals surface area contributed by atoms with Gasteiger partial charge in [0.25, 0.3) is 10.1 Å². The third kappa shape index (κ3) is 11.2. The number of aliphatic hydroxyl groups excluding tert-OH is 2. The standard InChI is InChI=1S/C21H38N2O6S/c1-2-3-4-5-6-7-8-9-10-11-12-20(26)21-22(15-16-24)13-14-23(21)17-19(25)18-30(27,28)29/h6-7,19,24-25H,2-5,8-18H2,1H3/p+1/b7-6+. The van der Waals surface area contributed by atoms with Crippen LogP contribution < -0.4 is 0 Å². The van der Waals surface area contributed by atoms with E-state index in [1.807, 2.05) is 0 Å². The summed E-state index contributed by atoms with van der Waals surface area (Å²) in [4.78, 5) is 14.6. The monoisotopic (exact) mass is 447 g/mol. The average Bonchev–Trinajstić information content (AvgIpc) is 3.04. The van der Waals surface area contributed by atoms with Crippen molar-refractivity contribution < 1.29 is 32.6 Å². The Labute approximate surface area is 181 Å². The smallest absolute Gasteiger partial charge is 0.316 e. The van der Waals surface area contributed by atoms with Crippen LogP contribution in [0.5, 0.6) is 0 Å². The Morgan fingerprint density at radius 1 is 1.17 bits per heavy atom. The highest BCUT2D eigenvalue weighted by Gasteiger charge is 2.36. The van der Waals surface area contributed by atoms with Crippen molar-refractivity contribution >= 4 is 21.7 Å². The van der Waals surface area contributed by atoms with Gasteiger partial charge >= 0.3 is 5.84 Å². The topological polar surface area (TPSA) is 118 Å². The second-order valence-electron chi connectivity index (χ2n) is 7.87. The SMILES string of the molecule is CCCCC/C=C/CCCCCC(=O)C1=[N+](CC(O)CS(=O)(=O)O)CCN1CCO. The number of allylic oxidation sites excluding steroid dienone is 2. The lowest BCUT2D eigenvalue weighted by Gasteiger charge is -2.13. The molecule has 0 amide bonds. The van der Waals surface area contributed by atoms with Crippen molar-refractivity contribution in [1.29, 1.82) is 0 Å². The van der Waals surface area contributed by atoms with E-state index in [2.05, 4.69) is 19.1 Å². The van der Waals surface area contributed by atoms with Crippen LogP contribution >= 0.6 is 0 Å². The highest BCUT2D eigenvalue weighted by atomic mass is 32.2. The first-order valence-corrected chi connectivity index (χ1v) is 12.7. The minimum Gasteiger partial charge on any atom is -0.392 e. The summed E-state index contributed by atoms with van der Waals surface area (Å²) >= 11 is 0. The molecule has 1 atom stereocenters. The number of aliphatic hydroxyl groups is 2. The molecule has 1 heterocycles. The van der Waals surface area contributed by atoms with E-state index in [9.17, 15) is 23.4 Å². The number of nitrogens with zero attached hydrogens (tertiary/aromatic N) is 2. The summed E-state index contributed by atoms with van der Waals surface area (Å²) in [6.45, 7) is 3.36. The molecule has 30 heavy (non-hydrogen) atoms. The first kappa shape index (κ1) is 26.7. The third-order valence-corrected chi connectivity index (χ3v) is 5.91. The number of rotatable bonds is 17. The van der Waals surface area contributed by atoms with E-state index in [0.29, 0.717) is 31.9 Å². The molecule has 3 N–H and O–H groups in total. The van der Waals surface area contributed by atoms with E-state index >= 15 is 0 Å². The van der Waals surface area contributed by atoms with E-state index in [0.717, 1.165) is 32.1 Å². The molecule has 0 fully saturated rings. The maximum atomic E-state index is 12.8. The molecule has 0 bridgehead atoms. The number of hydrogen-bond acceptors (Lipinski definition) is 6. The van der Waals surface area contributed by atoms with Crippen LogP contribution in [0.25, 0.3) is 0 Å². The summed E-state index contributed by atoms with van der Waals surface area (Å²) in [5, 5.41) is 19.2. The Kier molecular flexibility index (Phi) is 13.1. The third-order valence-electron chi connectivity index (χ3n) is 5.11. The number of unbranched alkanes of at least 4 members (excludes halogenated alkanes) is 6. The zero-order valence-electron chi connectivity index (χ0n) is 18.2. The molecule has 1 aliphatic heterocycles. The normalized spacial score (nSPS) is 16.1. The van der Waals surface area contributed by atoms with Gasteiger partial charge in [0.1, 0.15) is 38.0 Å². The van der Waals surface area contributed by atoms with Gasteiger partial charge in [0.2, 0.25) is 5.78 Å². The molecular weight excluding hydrogens is 408 g/mol. The zero-order chi connectivity index (χ0) is 22.4. The number of hydrogen-bond donors (Lipinski definition) is 3. The lowest BCUT2D eigenvalue weighted by molar-refractivity contribution is -0.525. The Hall–Kier alpha value is -1.29. The van der Waals surface area contributed by atoms with Crippen molar-refractivity contribution in [2.75, 3.05) is 38.5 Å². The summed E-state index contributed by atoms with van der Waals surface area (Å²) in [6.07, 6.45) is 12.2. The molecule has 8 nitrogen and oxygen atoms in total. The molecule has 1 unspecified atom stereocenters. The van der Waals surface area contributed by atoms with Gasteiger partial charge in [-0.25, -0.2) is 0 Å². The molecule has 1 rings (SSSR count). The van der Waals surface area contributed by atoms with Crippen molar-refractivity contribution in [1.82, 2.24) is 4.90 Å². The first-order chi connectivity index (χ1) is 14.3. The predicted octanol–water partition coefficient (Wildman–Crippen LogP) is 1.61. The second kappa shape index (κ2) is 14.7. The van der Waals surface area contributed by atoms with Gasteiger partial charge in [-0.05, 0) is 32.1 Å². The van der Waals surface area contributed by atoms with Crippen molar-refractivity contribution in [3.05, 3.63) is 12.2 Å². The highest BCUT2D eigenvalue weighted by Crippen LogP contribution is 2.11. The Bertz CT molecular complexity index is 675. The molecular formula is C21H39N2O6S+. The highest BCUT2D eigenvalue weighted by molar-refractivity contribution is 7.85. The minimum atomic E-state index is -4.29. The van der Waals surface area contributed by atoms with E-state index < -0.39 is 22.0 Å². The summed E-state index contributed by atoms with van der Waals surface area (Å²) in [6, 6.07) is 0. The number of Topliss-reactive ketones (excluding diaryl/α,β-unsaturated/α-hetero) is 1. The Morgan fingerprint density at radius 3 is 2.43 bits per heavy atom. The number of carbonyl (C=O) groups is 1. The fourth-order valence-corrected chi connectivity index (χ4v) is 4.25. The zero-order valence-corrected chi connectivity index (χ0v) is 19.0. The summed E-state index contributed by atoms with van der Waals surface area (Å²) in [5.41, 5.74) is 0. The van der Waals surface area contributed by atoms with Gasteiger partial charge in [0.15, 0.2) is 0 Å². The minimum absolute atomic E-state index is 0.0500. The quantitative estimate of drug-likeness (QED) is 0.134. The van der Waals surface area contributed by atoms with Gasteiger partial charge in [-0.2, -0.15) is 8.42 Å². The number of carbonyl (C=O) groups excluding carboxylic acids is 1. The van der Waals surface area contributed by atoms with Crippen molar-refractivity contribution in [2.24, 2.45) is 0 Å². The number of ketones is 1. The molecule has 0 aliphatic carbocycles. The van der Waals surface area contributed by atoms with Gasteiger partial charge in [-0.1, -0.05) is 38.3 Å². The van der Waals surface area contributed by atoms with Gasteiger partial charge in [-0.3, -0.25) is 18.8 Å². The first-order valence-electron chi connectivity index (χ1n) is 11.1. The van der Waals surface area contributed by atoms with Crippen LogP contribution in [-0.4, -0.2) is 88.9 Å². The van der Waals surface area contributed by atoms with Gasteiger partial charge < -0.3 is 10.2 Å². The van der Waals surface area contributed by atoms with Gasteiger partial charge in [-0.15, -0.1) is 0 Å². The summed E-state index contributed by atoms with van der Waals surface area (Å²) < 4.78 is 32.5. The van der Waals surface area contributed by atoms with Crippen LogP contribution in [0.4, 0.5) is 0 Å².